The van der Waals surface area contributed by atoms with E-state index >= 15 is 0 Å². The van der Waals surface area contributed by atoms with Crippen molar-refractivity contribution in [1.82, 2.24) is 4.90 Å². The molecule has 0 spiro atoms. The smallest absolute Gasteiger partial charge is 0.0820 e. The molecule has 1 fully saturated rings. The van der Waals surface area contributed by atoms with Crippen LogP contribution >= 0.6 is 0 Å². The second kappa shape index (κ2) is 6.74. The van der Waals surface area contributed by atoms with E-state index in [-0.39, 0.29) is 0 Å². The van der Waals surface area contributed by atoms with Crippen molar-refractivity contribution in [2.45, 2.75) is 71.1 Å². The summed E-state index contributed by atoms with van der Waals surface area (Å²) in [4.78, 5) is 2.68. The van der Waals surface area contributed by atoms with Crippen molar-refractivity contribution in [2.75, 3.05) is 13.1 Å². The lowest BCUT2D eigenvalue weighted by molar-refractivity contribution is 0.198. The molecule has 1 heterocycles. The fourth-order valence-corrected chi connectivity index (χ4v) is 7.33. The average molecular weight is 254 g/mol. The molecule has 1 atom stereocenters. The predicted octanol–water partition coefficient (Wildman–Crippen LogP) is 4.46. The molecule has 2 heteroatoms. The standard InChI is InChI=1S/C15H31NSi/c1-6-17(7-2,8-3)15(5)14(4)16-12-10-9-11-13-16/h14H,5-13H2,1-4H3. The van der Waals surface area contributed by atoms with Crippen LogP contribution < -0.4 is 0 Å². The molecule has 0 bridgehead atoms. The summed E-state index contributed by atoms with van der Waals surface area (Å²) in [6.07, 6.45) is 4.20. The third-order valence-corrected chi connectivity index (χ3v) is 11.0. The molecule has 0 aliphatic carbocycles. The minimum Gasteiger partial charge on any atom is -0.297 e. The molecule has 1 nitrogen and oxygen atoms in total. The van der Waals surface area contributed by atoms with Gasteiger partial charge in [0.05, 0.1) is 8.07 Å². The van der Waals surface area contributed by atoms with Gasteiger partial charge in [-0.3, -0.25) is 4.90 Å². The van der Waals surface area contributed by atoms with Gasteiger partial charge in [-0.05, 0) is 32.9 Å². The third kappa shape index (κ3) is 3.23. The zero-order chi connectivity index (χ0) is 12.9. The van der Waals surface area contributed by atoms with E-state index in [1.54, 1.807) is 5.20 Å². The maximum absolute atomic E-state index is 4.53. The summed E-state index contributed by atoms with van der Waals surface area (Å²) in [5.41, 5.74) is 0. The Bertz CT molecular complexity index is 231. The van der Waals surface area contributed by atoms with Crippen molar-refractivity contribution >= 4 is 8.07 Å². The van der Waals surface area contributed by atoms with Crippen molar-refractivity contribution in [3.05, 3.63) is 11.8 Å². The van der Waals surface area contributed by atoms with E-state index in [0.29, 0.717) is 6.04 Å². The molecule has 17 heavy (non-hydrogen) atoms. The molecule has 1 rings (SSSR count). The minimum absolute atomic E-state index is 0.627. The zero-order valence-electron chi connectivity index (χ0n) is 12.4. The van der Waals surface area contributed by atoms with Gasteiger partial charge in [-0.15, -0.1) is 6.58 Å². The first-order valence-electron chi connectivity index (χ1n) is 7.54. The van der Waals surface area contributed by atoms with Crippen LogP contribution in [0.1, 0.15) is 47.0 Å². The molecule has 1 unspecified atom stereocenters. The van der Waals surface area contributed by atoms with Crippen LogP contribution in [0.25, 0.3) is 0 Å². The van der Waals surface area contributed by atoms with Crippen LogP contribution in [-0.4, -0.2) is 32.1 Å². The number of hydrogen-bond acceptors (Lipinski definition) is 1. The summed E-state index contributed by atoms with van der Waals surface area (Å²) in [5.74, 6) is 0. The van der Waals surface area contributed by atoms with Gasteiger partial charge in [0.15, 0.2) is 0 Å². The minimum atomic E-state index is -1.20. The highest BCUT2D eigenvalue weighted by Gasteiger charge is 2.34. The van der Waals surface area contributed by atoms with E-state index in [4.69, 9.17) is 0 Å². The zero-order valence-corrected chi connectivity index (χ0v) is 13.4. The molecular formula is C15H31NSi. The Morgan fingerprint density at radius 3 is 1.94 bits per heavy atom. The Morgan fingerprint density at radius 2 is 1.53 bits per heavy atom. The van der Waals surface area contributed by atoms with Crippen LogP contribution in [0.4, 0.5) is 0 Å². The van der Waals surface area contributed by atoms with E-state index in [9.17, 15) is 0 Å². The van der Waals surface area contributed by atoms with E-state index in [0.717, 1.165) is 0 Å². The van der Waals surface area contributed by atoms with Crippen molar-refractivity contribution in [3.63, 3.8) is 0 Å². The van der Waals surface area contributed by atoms with Crippen LogP contribution in [0.15, 0.2) is 11.8 Å². The highest BCUT2D eigenvalue weighted by Crippen LogP contribution is 2.32. The van der Waals surface area contributed by atoms with Gasteiger partial charge in [0.25, 0.3) is 0 Å². The summed E-state index contributed by atoms with van der Waals surface area (Å²) >= 11 is 0. The van der Waals surface area contributed by atoms with Gasteiger partial charge in [-0.25, -0.2) is 0 Å². The van der Waals surface area contributed by atoms with Crippen molar-refractivity contribution in [3.8, 4) is 0 Å². The number of hydrogen-bond donors (Lipinski definition) is 0. The molecule has 0 radical (unpaired) electrons. The molecule has 0 amide bonds. The fraction of sp³-hybridized carbons (Fsp3) is 0.867. The van der Waals surface area contributed by atoms with Gasteiger partial charge in [0.2, 0.25) is 0 Å². The second-order valence-corrected chi connectivity index (χ2v) is 11.0. The first kappa shape index (κ1) is 15.0. The van der Waals surface area contributed by atoms with Gasteiger partial charge >= 0.3 is 0 Å². The van der Waals surface area contributed by atoms with Gasteiger partial charge < -0.3 is 0 Å². The quantitative estimate of drug-likeness (QED) is 0.632. The summed E-state index contributed by atoms with van der Waals surface area (Å²) in [5, 5.41) is 1.62. The second-order valence-electron chi connectivity index (χ2n) is 5.64. The molecule has 1 aliphatic rings. The maximum Gasteiger partial charge on any atom is 0.0820 e. The van der Waals surface area contributed by atoms with Gasteiger partial charge in [-0.1, -0.05) is 50.5 Å². The molecule has 1 saturated heterocycles. The highest BCUT2D eigenvalue weighted by molar-refractivity contribution is 6.86. The molecular weight excluding hydrogens is 222 g/mol. The van der Waals surface area contributed by atoms with E-state index in [1.165, 1.54) is 50.5 Å². The first-order chi connectivity index (χ1) is 8.11. The Balaban J connectivity index is 2.72. The monoisotopic (exact) mass is 253 g/mol. The topological polar surface area (TPSA) is 3.24 Å². The van der Waals surface area contributed by atoms with E-state index in [2.05, 4.69) is 39.2 Å². The van der Waals surface area contributed by atoms with Crippen molar-refractivity contribution in [2.24, 2.45) is 0 Å². The number of piperidine rings is 1. The Morgan fingerprint density at radius 1 is 1.06 bits per heavy atom. The number of likely N-dealkylation sites (tertiary alicyclic amines) is 1. The van der Waals surface area contributed by atoms with Gasteiger partial charge in [-0.2, -0.15) is 0 Å². The van der Waals surface area contributed by atoms with Crippen LogP contribution in [0.2, 0.25) is 18.1 Å². The molecule has 0 aromatic heterocycles. The summed E-state index contributed by atoms with van der Waals surface area (Å²) in [6, 6.07) is 4.74. The average Bonchev–Trinajstić information content (AvgIpc) is 2.41. The van der Waals surface area contributed by atoms with Crippen LogP contribution in [0.5, 0.6) is 0 Å². The maximum atomic E-state index is 4.53. The van der Waals surface area contributed by atoms with Gasteiger partial charge in [0.1, 0.15) is 0 Å². The lowest BCUT2D eigenvalue weighted by Gasteiger charge is -2.40. The number of nitrogens with zero attached hydrogens (tertiary/aromatic N) is 1. The molecule has 0 aromatic carbocycles. The van der Waals surface area contributed by atoms with Crippen molar-refractivity contribution < 1.29 is 0 Å². The third-order valence-electron chi connectivity index (χ3n) is 5.15. The Hall–Kier alpha value is -0.0831. The largest absolute Gasteiger partial charge is 0.297 e. The first-order valence-corrected chi connectivity index (χ1v) is 10.2. The number of rotatable bonds is 6. The summed E-state index contributed by atoms with van der Waals surface area (Å²) in [6.45, 7) is 16.7. The normalized spacial score (nSPS) is 20.2. The summed E-state index contributed by atoms with van der Waals surface area (Å²) in [7, 11) is -1.20. The van der Waals surface area contributed by atoms with E-state index < -0.39 is 8.07 Å². The fourth-order valence-electron chi connectivity index (χ4n) is 3.40. The van der Waals surface area contributed by atoms with E-state index in [1.807, 2.05) is 0 Å². The highest BCUT2D eigenvalue weighted by atomic mass is 28.3. The molecule has 0 aromatic rings. The lowest BCUT2D eigenvalue weighted by Crippen LogP contribution is -2.47. The molecule has 1 aliphatic heterocycles. The Labute approximate surface area is 109 Å². The SMILES string of the molecule is C=C(C(C)N1CCCCC1)[Si](CC)(CC)CC. The van der Waals surface area contributed by atoms with Crippen molar-refractivity contribution in [1.29, 1.82) is 0 Å². The summed E-state index contributed by atoms with van der Waals surface area (Å²) < 4.78 is 0. The van der Waals surface area contributed by atoms with Gasteiger partial charge in [0, 0.05) is 6.04 Å². The predicted molar refractivity (Wildman–Crippen MR) is 81.2 cm³/mol. The molecule has 0 saturated carbocycles. The van der Waals surface area contributed by atoms with Crippen LogP contribution in [-0.2, 0) is 0 Å². The molecule has 0 N–H and O–H groups in total. The molecule has 100 valence electrons. The van der Waals surface area contributed by atoms with Crippen LogP contribution in [0.3, 0.4) is 0 Å². The van der Waals surface area contributed by atoms with Crippen LogP contribution in [0, 0.1) is 0 Å². The lowest BCUT2D eigenvalue weighted by atomic mass is 10.1. The Kier molecular flexibility index (Phi) is 5.94.